The molecule has 21 heavy (non-hydrogen) atoms. The van der Waals surface area contributed by atoms with Gasteiger partial charge in [-0.15, -0.1) is 12.4 Å². The van der Waals surface area contributed by atoms with Crippen LogP contribution in [0.15, 0.2) is 18.2 Å². The third-order valence-electron chi connectivity index (χ3n) is 3.02. The van der Waals surface area contributed by atoms with Gasteiger partial charge in [-0.1, -0.05) is 11.6 Å². The van der Waals surface area contributed by atoms with Gasteiger partial charge >= 0.3 is 6.03 Å². The Labute approximate surface area is 134 Å². The zero-order valence-electron chi connectivity index (χ0n) is 11.6. The molecule has 1 heterocycles. The Hall–Kier alpha value is -1.50. The molecule has 3 N–H and O–H groups in total. The first kappa shape index (κ1) is 17.6. The molecular formula is C13H18Cl2N4O2. The maximum atomic E-state index is 12.0. The lowest BCUT2D eigenvalue weighted by molar-refractivity contribution is 0.0954. The number of nitrogens with one attached hydrogen (secondary N) is 3. The van der Waals surface area contributed by atoms with Crippen molar-refractivity contribution in [3.05, 3.63) is 28.8 Å². The molecule has 1 fully saturated rings. The van der Waals surface area contributed by atoms with Gasteiger partial charge in [0.15, 0.2) is 0 Å². The van der Waals surface area contributed by atoms with Crippen LogP contribution in [0.2, 0.25) is 5.02 Å². The van der Waals surface area contributed by atoms with Crippen LogP contribution in [0, 0.1) is 0 Å². The number of rotatable bonds is 5. The molecule has 0 unspecified atom stereocenters. The number of carbonyl (C=O) groups excluding carboxylic acids is 2. The summed E-state index contributed by atoms with van der Waals surface area (Å²) in [5.74, 6) is -0.244. The standard InChI is InChI=1S/C13H17ClN4O2.ClH/c1-15-4-5-16-12(19)10-8-9(2-3-11(10)14)18-7-6-17-13(18)20;/h2-3,8,15H,4-7H2,1H3,(H,16,19)(H,17,20);1H. The van der Waals surface area contributed by atoms with Gasteiger partial charge in [0.05, 0.1) is 10.6 Å². The molecule has 3 amide bonds. The number of benzene rings is 1. The van der Waals surface area contributed by atoms with E-state index in [2.05, 4.69) is 16.0 Å². The molecule has 116 valence electrons. The highest BCUT2D eigenvalue weighted by Gasteiger charge is 2.22. The van der Waals surface area contributed by atoms with Crippen molar-refractivity contribution in [3.63, 3.8) is 0 Å². The van der Waals surface area contributed by atoms with Gasteiger partial charge in [0, 0.05) is 31.9 Å². The molecule has 2 rings (SSSR count). The van der Waals surface area contributed by atoms with Gasteiger partial charge in [0.2, 0.25) is 0 Å². The molecule has 1 aliphatic rings. The van der Waals surface area contributed by atoms with Crippen LogP contribution >= 0.6 is 24.0 Å². The second-order valence-corrected chi connectivity index (χ2v) is 4.81. The summed E-state index contributed by atoms with van der Waals surface area (Å²) in [7, 11) is 1.81. The number of likely N-dealkylation sites (N-methyl/N-ethyl adjacent to an activating group) is 1. The van der Waals surface area contributed by atoms with Gasteiger partial charge in [-0.2, -0.15) is 0 Å². The summed E-state index contributed by atoms with van der Waals surface area (Å²) in [6.07, 6.45) is 0. The third-order valence-corrected chi connectivity index (χ3v) is 3.35. The number of carbonyl (C=O) groups is 2. The second kappa shape index (κ2) is 8.07. The van der Waals surface area contributed by atoms with E-state index < -0.39 is 0 Å². The summed E-state index contributed by atoms with van der Waals surface area (Å²) in [6, 6.07) is 4.85. The minimum absolute atomic E-state index is 0. The van der Waals surface area contributed by atoms with Crippen LogP contribution in [-0.2, 0) is 0 Å². The predicted octanol–water partition coefficient (Wildman–Crippen LogP) is 1.24. The molecule has 6 nitrogen and oxygen atoms in total. The predicted molar refractivity (Wildman–Crippen MR) is 85.7 cm³/mol. The van der Waals surface area contributed by atoms with E-state index in [9.17, 15) is 9.59 Å². The van der Waals surface area contributed by atoms with Crippen LogP contribution in [0.4, 0.5) is 10.5 Å². The minimum atomic E-state index is -0.244. The molecule has 8 heteroatoms. The Balaban J connectivity index is 0.00000220. The smallest absolute Gasteiger partial charge is 0.321 e. The van der Waals surface area contributed by atoms with E-state index in [1.807, 2.05) is 7.05 Å². The van der Waals surface area contributed by atoms with Crippen molar-refractivity contribution in [1.82, 2.24) is 16.0 Å². The van der Waals surface area contributed by atoms with Crippen LogP contribution in [0.1, 0.15) is 10.4 Å². The highest BCUT2D eigenvalue weighted by molar-refractivity contribution is 6.34. The van der Waals surface area contributed by atoms with E-state index in [0.717, 1.165) is 0 Å². The van der Waals surface area contributed by atoms with Gasteiger partial charge < -0.3 is 16.0 Å². The number of hydrogen-bond acceptors (Lipinski definition) is 3. The summed E-state index contributed by atoms with van der Waals surface area (Å²) in [5.41, 5.74) is 1.04. The lowest BCUT2D eigenvalue weighted by Crippen LogP contribution is -2.31. The minimum Gasteiger partial charge on any atom is -0.351 e. The molecule has 1 saturated heterocycles. The van der Waals surface area contributed by atoms with Crippen molar-refractivity contribution in [2.45, 2.75) is 0 Å². The Kier molecular flexibility index (Phi) is 6.74. The molecule has 1 aliphatic heterocycles. The molecule has 0 saturated carbocycles. The van der Waals surface area contributed by atoms with E-state index in [0.29, 0.717) is 42.5 Å². The Morgan fingerprint density at radius 3 is 2.81 bits per heavy atom. The van der Waals surface area contributed by atoms with Crippen molar-refractivity contribution in [2.75, 3.05) is 38.1 Å². The number of anilines is 1. The number of hydrogen-bond donors (Lipinski definition) is 3. The first-order valence-corrected chi connectivity index (χ1v) is 6.79. The fourth-order valence-electron chi connectivity index (χ4n) is 1.97. The maximum Gasteiger partial charge on any atom is 0.321 e. The van der Waals surface area contributed by atoms with Crippen molar-refractivity contribution >= 4 is 41.6 Å². The molecule has 0 spiro atoms. The van der Waals surface area contributed by atoms with Crippen LogP contribution in [0.25, 0.3) is 0 Å². The van der Waals surface area contributed by atoms with Crippen molar-refractivity contribution in [1.29, 1.82) is 0 Å². The summed E-state index contributed by atoms with van der Waals surface area (Å²) >= 11 is 6.05. The third kappa shape index (κ3) is 4.23. The van der Waals surface area contributed by atoms with E-state index in [4.69, 9.17) is 11.6 Å². The Bertz CT molecular complexity index is 525. The Morgan fingerprint density at radius 1 is 1.43 bits per heavy atom. The Morgan fingerprint density at radius 2 is 2.19 bits per heavy atom. The zero-order valence-corrected chi connectivity index (χ0v) is 13.2. The second-order valence-electron chi connectivity index (χ2n) is 4.41. The normalized spacial score (nSPS) is 13.6. The number of amides is 3. The molecule has 0 bridgehead atoms. The zero-order chi connectivity index (χ0) is 14.5. The fourth-order valence-corrected chi connectivity index (χ4v) is 2.17. The quantitative estimate of drug-likeness (QED) is 0.710. The average Bonchev–Trinajstić information content (AvgIpc) is 2.86. The highest BCUT2D eigenvalue weighted by atomic mass is 35.5. The highest BCUT2D eigenvalue weighted by Crippen LogP contribution is 2.24. The van der Waals surface area contributed by atoms with Crippen LogP contribution < -0.4 is 20.9 Å². The SMILES string of the molecule is CNCCNC(=O)c1cc(N2CCNC2=O)ccc1Cl.Cl. The molecule has 0 aromatic heterocycles. The fraction of sp³-hybridized carbons (Fsp3) is 0.385. The van der Waals surface area contributed by atoms with Gasteiger partial charge in [-0.3, -0.25) is 9.69 Å². The molecule has 0 radical (unpaired) electrons. The first-order valence-electron chi connectivity index (χ1n) is 6.41. The van der Waals surface area contributed by atoms with Crippen molar-refractivity contribution in [3.8, 4) is 0 Å². The van der Waals surface area contributed by atoms with Crippen LogP contribution in [-0.4, -0.2) is 45.2 Å². The van der Waals surface area contributed by atoms with E-state index in [1.165, 1.54) is 0 Å². The average molecular weight is 333 g/mol. The molecule has 0 aliphatic carbocycles. The van der Waals surface area contributed by atoms with Gasteiger partial charge in [-0.25, -0.2) is 4.79 Å². The van der Waals surface area contributed by atoms with Crippen LogP contribution in [0.3, 0.4) is 0 Å². The van der Waals surface area contributed by atoms with Crippen molar-refractivity contribution < 1.29 is 9.59 Å². The van der Waals surface area contributed by atoms with Crippen molar-refractivity contribution in [2.24, 2.45) is 0 Å². The number of urea groups is 1. The summed E-state index contributed by atoms with van der Waals surface area (Å²) in [4.78, 5) is 25.3. The molecular weight excluding hydrogens is 315 g/mol. The monoisotopic (exact) mass is 332 g/mol. The maximum absolute atomic E-state index is 12.0. The van der Waals surface area contributed by atoms with Gasteiger partial charge in [-0.05, 0) is 25.2 Å². The largest absolute Gasteiger partial charge is 0.351 e. The van der Waals surface area contributed by atoms with Crippen LogP contribution in [0.5, 0.6) is 0 Å². The lowest BCUT2D eigenvalue weighted by Gasteiger charge is -2.16. The summed E-state index contributed by atoms with van der Waals surface area (Å²) < 4.78 is 0. The number of halogens is 2. The summed E-state index contributed by atoms with van der Waals surface area (Å²) in [6.45, 7) is 2.38. The molecule has 1 aromatic carbocycles. The lowest BCUT2D eigenvalue weighted by atomic mass is 10.1. The molecule has 1 aromatic rings. The van der Waals surface area contributed by atoms with Gasteiger partial charge in [0.25, 0.3) is 5.91 Å². The van der Waals surface area contributed by atoms with E-state index in [-0.39, 0.29) is 24.3 Å². The van der Waals surface area contributed by atoms with Gasteiger partial charge in [0.1, 0.15) is 0 Å². The topological polar surface area (TPSA) is 73.5 Å². The van der Waals surface area contributed by atoms with E-state index in [1.54, 1.807) is 23.1 Å². The summed E-state index contributed by atoms with van der Waals surface area (Å²) in [5, 5.41) is 8.80. The number of nitrogens with zero attached hydrogens (tertiary/aromatic N) is 1. The van der Waals surface area contributed by atoms with E-state index >= 15 is 0 Å². The molecule has 0 atom stereocenters. The first-order chi connectivity index (χ1) is 9.63.